The number of carbonyl (C=O) groups is 1. The summed E-state index contributed by atoms with van der Waals surface area (Å²) in [4.78, 5) is 33.3. The first kappa shape index (κ1) is 22.9. The normalized spacial score (nSPS) is 15.6. The third kappa shape index (κ3) is 4.22. The van der Waals surface area contributed by atoms with Crippen molar-refractivity contribution >= 4 is 33.7 Å². The molecular weight excluding hydrogens is 444 g/mol. The summed E-state index contributed by atoms with van der Waals surface area (Å²) in [5, 5.41) is 1.86. The van der Waals surface area contributed by atoms with Gasteiger partial charge in [-0.05, 0) is 50.3 Å². The van der Waals surface area contributed by atoms with Crippen LogP contribution in [0.25, 0.3) is 21.9 Å². The van der Waals surface area contributed by atoms with Crippen molar-refractivity contribution in [1.29, 1.82) is 0 Å². The van der Waals surface area contributed by atoms with Gasteiger partial charge in [0.05, 0.1) is 25.0 Å². The van der Waals surface area contributed by atoms with Crippen LogP contribution >= 0.6 is 0 Å². The van der Waals surface area contributed by atoms with Gasteiger partial charge in [-0.1, -0.05) is 12.1 Å². The highest BCUT2D eigenvalue weighted by Crippen LogP contribution is 2.34. The second-order valence-electron chi connectivity index (χ2n) is 8.61. The Balaban J connectivity index is 1.41. The van der Waals surface area contributed by atoms with E-state index in [4.69, 9.17) is 9.47 Å². The molecule has 35 heavy (non-hydrogen) atoms. The third-order valence-electron chi connectivity index (χ3n) is 6.72. The molecule has 2 aromatic carbocycles. The summed E-state index contributed by atoms with van der Waals surface area (Å²) in [7, 11) is 1.60. The Kier molecular flexibility index (Phi) is 6.39. The molecule has 9 heteroatoms. The fraction of sp³-hybridized carbons (Fsp3) is 0.385. The number of anilines is 1. The molecule has 3 heterocycles. The second-order valence-corrected chi connectivity index (χ2v) is 8.61. The number of nitrogens with zero attached hydrogens (tertiary/aromatic N) is 5. The Labute approximate surface area is 204 Å². The first-order valence-electron chi connectivity index (χ1n) is 12.1. The Morgan fingerprint density at radius 3 is 2.83 bits per heavy atom. The van der Waals surface area contributed by atoms with Crippen molar-refractivity contribution in [3.05, 3.63) is 48.5 Å². The van der Waals surface area contributed by atoms with Crippen molar-refractivity contribution in [2.75, 3.05) is 38.3 Å². The van der Waals surface area contributed by atoms with E-state index in [2.05, 4.69) is 24.8 Å². The number of ether oxygens (including phenoxy) is 2. The van der Waals surface area contributed by atoms with Gasteiger partial charge >= 0.3 is 0 Å². The van der Waals surface area contributed by atoms with E-state index in [9.17, 15) is 4.79 Å². The number of aromatic amines is 1. The SMILES string of the molecule is CCN(CC)C(=O)c1cc2cccc(OC[C@H]3CCCN3c3ncnc4nc[nH]c34)c2cc1OC. The minimum Gasteiger partial charge on any atom is -0.496 e. The molecule has 5 rings (SSSR count). The summed E-state index contributed by atoms with van der Waals surface area (Å²) < 4.78 is 12.0. The van der Waals surface area contributed by atoms with Gasteiger partial charge in [0.25, 0.3) is 5.91 Å². The zero-order valence-corrected chi connectivity index (χ0v) is 20.3. The molecule has 1 atom stereocenters. The van der Waals surface area contributed by atoms with Gasteiger partial charge in [-0.2, -0.15) is 0 Å². The summed E-state index contributed by atoms with van der Waals surface area (Å²) in [5.41, 5.74) is 2.08. The highest BCUT2D eigenvalue weighted by Gasteiger charge is 2.28. The molecule has 2 aromatic heterocycles. The smallest absolute Gasteiger partial charge is 0.257 e. The van der Waals surface area contributed by atoms with E-state index in [0.717, 1.165) is 47.2 Å². The van der Waals surface area contributed by atoms with Crippen LogP contribution in [0.15, 0.2) is 43.0 Å². The van der Waals surface area contributed by atoms with Gasteiger partial charge in [0.15, 0.2) is 11.5 Å². The van der Waals surface area contributed by atoms with Crippen LogP contribution in [0.3, 0.4) is 0 Å². The number of aromatic nitrogens is 4. The predicted octanol–water partition coefficient (Wildman–Crippen LogP) is 4.04. The van der Waals surface area contributed by atoms with E-state index in [1.54, 1.807) is 24.7 Å². The topological polar surface area (TPSA) is 96.5 Å². The molecule has 9 nitrogen and oxygen atoms in total. The number of methoxy groups -OCH3 is 1. The van der Waals surface area contributed by atoms with Crippen molar-refractivity contribution in [3.63, 3.8) is 0 Å². The van der Waals surface area contributed by atoms with Crippen LogP contribution in [0.2, 0.25) is 0 Å². The maximum atomic E-state index is 13.1. The molecule has 0 saturated carbocycles. The molecule has 0 unspecified atom stereocenters. The average molecular weight is 475 g/mol. The van der Waals surface area contributed by atoms with Crippen LogP contribution in [0, 0.1) is 0 Å². The van der Waals surface area contributed by atoms with Gasteiger partial charge in [-0.3, -0.25) is 4.79 Å². The van der Waals surface area contributed by atoms with Crippen molar-refractivity contribution in [3.8, 4) is 11.5 Å². The first-order valence-corrected chi connectivity index (χ1v) is 12.1. The lowest BCUT2D eigenvalue weighted by Gasteiger charge is -2.26. The summed E-state index contributed by atoms with van der Waals surface area (Å²) in [5.74, 6) is 2.15. The van der Waals surface area contributed by atoms with E-state index in [1.807, 2.05) is 44.2 Å². The van der Waals surface area contributed by atoms with Crippen LogP contribution in [0.5, 0.6) is 11.5 Å². The quantitative estimate of drug-likeness (QED) is 0.412. The van der Waals surface area contributed by atoms with Crippen LogP contribution < -0.4 is 14.4 Å². The Bertz CT molecular complexity index is 1350. The van der Waals surface area contributed by atoms with Gasteiger partial charge in [-0.25, -0.2) is 15.0 Å². The summed E-state index contributed by atoms with van der Waals surface area (Å²) in [6.45, 7) is 6.67. The van der Waals surface area contributed by atoms with Crippen LogP contribution in [0.1, 0.15) is 37.0 Å². The maximum Gasteiger partial charge on any atom is 0.257 e. The number of hydrogen-bond acceptors (Lipinski definition) is 7. The molecule has 0 radical (unpaired) electrons. The molecule has 1 saturated heterocycles. The number of benzene rings is 2. The van der Waals surface area contributed by atoms with Crippen molar-refractivity contribution in [1.82, 2.24) is 24.8 Å². The number of fused-ring (bicyclic) bond motifs is 2. The largest absolute Gasteiger partial charge is 0.496 e. The third-order valence-corrected chi connectivity index (χ3v) is 6.72. The molecule has 1 amide bonds. The molecule has 1 aliphatic rings. The molecule has 1 fully saturated rings. The Morgan fingerprint density at radius 2 is 2.03 bits per heavy atom. The fourth-order valence-corrected chi connectivity index (χ4v) is 4.86. The molecule has 0 spiro atoms. The number of amides is 1. The first-order chi connectivity index (χ1) is 17.1. The van der Waals surface area contributed by atoms with Crippen LogP contribution in [-0.4, -0.2) is 70.1 Å². The Hall–Kier alpha value is -3.88. The zero-order chi connectivity index (χ0) is 24.4. The highest BCUT2D eigenvalue weighted by molar-refractivity contribution is 6.02. The standard InChI is InChI=1S/C26H30N6O3/c1-4-31(5-2)26(33)20-12-17-8-6-10-21(19(17)13-22(20)34-3)35-14-18-9-7-11-32(18)25-23-24(28-15-27-23)29-16-30-25/h6,8,10,12-13,15-16,18H,4-5,7,9,11,14H2,1-3H3,(H,27,28,29,30)/t18-/m1/s1. The number of carbonyl (C=O) groups excluding carboxylic acids is 1. The van der Waals surface area contributed by atoms with Crippen LogP contribution in [0.4, 0.5) is 5.82 Å². The van der Waals surface area contributed by atoms with Gasteiger partial charge < -0.3 is 24.3 Å². The van der Waals surface area contributed by atoms with Crippen molar-refractivity contribution in [2.45, 2.75) is 32.7 Å². The van der Waals surface area contributed by atoms with Crippen molar-refractivity contribution < 1.29 is 14.3 Å². The van der Waals surface area contributed by atoms with Gasteiger partial charge in [0, 0.05) is 25.0 Å². The highest BCUT2D eigenvalue weighted by atomic mass is 16.5. The number of nitrogens with one attached hydrogen (secondary N) is 1. The lowest BCUT2D eigenvalue weighted by molar-refractivity contribution is 0.0770. The number of hydrogen-bond donors (Lipinski definition) is 1. The molecule has 182 valence electrons. The van der Waals surface area contributed by atoms with E-state index < -0.39 is 0 Å². The lowest BCUT2D eigenvalue weighted by Crippen LogP contribution is -2.35. The zero-order valence-electron chi connectivity index (χ0n) is 20.3. The monoisotopic (exact) mass is 474 g/mol. The molecule has 4 aromatic rings. The second kappa shape index (κ2) is 9.77. The minimum atomic E-state index is -0.0309. The van der Waals surface area contributed by atoms with Gasteiger partial charge in [-0.15, -0.1) is 0 Å². The van der Waals surface area contributed by atoms with Crippen molar-refractivity contribution in [2.24, 2.45) is 0 Å². The molecule has 0 bridgehead atoms. The molecule has 1 N–H and O–H groups in total. The molecule has 1 aliphatic heterocycles. The fourth-order valence-electron chi connectivity index (χ4n) is 4.86. The minimum absolute atomic E-state index is 0.0309. The average Bonchev–Trinajstić information content (AvgIpc) is 3.56. The van der Waals surface area contributed by atoms with E-state index >= 15 is 0 Å². The van der Waals surface area contributed by atoms with E-state index in [-0.39, 0.29) is 11.9 Å². The maximum absolute atomic E-state index is 13.1. The van der Waals surface area contributed by atoms with Crippen LogP contribution in [-0.2, 0) is 0 Å². The number of rotatable bonds is 8. The van der Waals surface area contributed by atoms with E-state index in [1.165, 1.54) is 0 Å². The van der Waals surface area contributed by atoms with E-state index in [0.29, 0.717) is 36.7 Å². The van der Waals surface area contributed by atoms with Gasteiger partial charge in [0.2, 0.25) is 0 Å². The summed E-state index contributed by atoms with van der Waals surface area (Å²) in [6.07, 6.45) is 5.28. The summed E-state index contributed by atoms with van der Waals surface area (Å²) in [6, 6.07) is 9.91. The number of imidazole rings is 1. The lowest BCUT2D eigenvalue weighted by atomic mass is 10.0. The van der Waals surface area contributed by atoms with Gasteiger partial charge in [0.1, 0.15) is 29.9 Å². The number of H-pyrrole nitrogens is 1. The molecule has 0 aliphatic carbocycles. The Morgan fingerprint density at radius 1 is 1.17 bits per heavy atom. The summed E-state index contributed by atoms with van der Waals surface area (Å²) >= 11 is 0. The molecular formula is C26H30N6O3. The predicted molar refractivity (Wildman–Crippen MR) is 135 cm³/mol.